The molecule has 8 saturated heterocycles. The van der Waals surface area contributed by atoms with Crippen molar-refractivity contribution in [1.82, 2.24) is 0 Å². The van der Waals surface area contributed by atoms with E-state index < -0.39 is 39.0 Å². The first-order chi connectivity index (χ1) is 18.5. The second-order valence-electron chi connectivity index (χ2n) is 14.3. The van der Waals surface area contributed by atoms with Gasteiger partial charge >= 0.3 is 17.1 Å². The summed E-state index contributed by atoms with van der Waals surface area (Å²) in [7, 11) is -0.817. The molecule has 8 fully saturated rings. The molecule has 8 aliphatic rings. The Morgan fingerprint density at radius 2 is 0.829 bits per heavy atom. The molecule has 0 aromatic heterocycles. The minimum absolute atomic E-state index is 0. The van der Waals surface area contributed by atoms with E-state index in [1.165, 1.54) is 11.1 Å². The maximum absolute atomic E-state index is 6.42. The largest absolute Gasteiger partial charge is 2.00 e. The molecule has 8 heterocycles. The minimum atomic E-state index is -0.487. The first kappa shape index (κ1) is 30.8. The maximum Gasteiger partial charge on any atom is 2.00 e. The Hall–Kier alpha value is -0.161. The van der Waals surface area contributed by atoms with Gasteiger partial charge in [-0.25, -0.2) is 24.3 Å². The van der Waals surface area contributed by atoms with Gasteiger partial charge in [-0.15, -0.1) is 0 Å². The smallest absolute Gasteiger partial charge is 0.339 e. The number of hydrogen-bond acceptors (Lipinski definition) is 6. The summed E-state index contributed by atoms with van der Waals surface area (Å²) in [4.78, 5) is 0. The summed E-state index contributed by atoms with van der Waals surface area (Å²) < 4.78 is 37.8. The summed E-state index contributed by atoms with van der Waals surface area (Å²) in [6.45, 7) is 17.3. The Morgan fingerprint density at radius 1 is 0.537 bits per heavy atom. The molecular weight excluding hydrogens is 598 g/mol. The van der Waals surface area contributed by atoms with E-state index in [1.54, 1.807) is 0 Å². The standard InChI is InChI=1S/2C16H22O3P.Fe/c2*1-13-10-15(3)19-14(2,17-13)11-16(4,18-13)20(15)9-12-7-5-6-8-12;/h2*5-8H,9-11H2,1-4H3;/q2*-1;+2. The summed E-state index contributed by atoms with van der Waals surface area (Å²) in [5.41, 5.74) is 2.80. The summed E-state index contributed by atoms with van der Waals surface area (Å²) >= 11 is 0. The van der Waals surface area contributed by atoms with E-state index in [2.05, 4.69) is 104 Å². The van der Waals surface area contributed by atoms with Crippen molar-refractivity contribution in [2.45, 2.75) is 138 Å². The normalized spacial score (nSPS) is 52.2. The van der Waals surface area contributed by atoms with Gasteiger partial charge in [0, 0.05) is 25.7 Å². The van der Waals surface area contributed by atoms with Crippen molar-refractivity contribution in [3.8, 4) is 0 Å². The van der Waals surface area contributed by atoms with Gasteiger partial charge in [0.2, 0.25) is 0 Å². The molecule has 8 unspecified atom stereocenters. The summed E-state index contributed by atoms with van der Waals surface area (Å²) in [5, 5.41) is -0.446. The van der Waals surface area contributed by atoms with Gasteiger partial charge in [0.1, 0.15) is 0 Å². The van der Waals surface area contributed by atoms with Crippen LogP contribution in [0.2, 0.25) is 0 Å². The molecule has 41 heavy (non-hydrogen) atoms. The van der Waals surface area contributed by atoms with E-state index >= 15 is 0 Å². The molecule has 9 heteroatoms. The Kier molecular flexibility index (Phi) is 7.09. The van der Waals surface area contributed by atoms with Crippen molar-refractivity contribution in [3.05, 3.63) is 59.7 Å². The molecule has 8 bridgehead atoms. The third kappa shape index (κ3) is 5.09. The van der Waals surface area contributed by atoms with Crippen molar-refractivity contribution in [2.75, 3.05) is 0 Å². The molecule has 0 spiro atoms. The molecule has 2 aromatic carbocycles. The number of hydrogen-bond donors (Lipinski definition) is 0. The average molecular weight is 642 g/mol. The van der Waals surface area contributed by atoms with Crippen LogP contribution in [0.1, 0.15) is 92.2 Å². The molecule has 0 radical (unpaired) electrons. The van der Waals surface area contributed by atoms with E-state index in [1.807, 2.05) is 0 Å². The Labute approximate surface area is 258 Å². The second kappa shape index (κ2) is 9.43. The molecule has 10 rings (SSSR count). The van der Waals surface area contributed by atoms with E-state index in [-0.39, 0.29) is 38.4 Å². The van der Waals surface area contributed by atoms with Gasteiger partial charge in [-0.1, -0.05) is 0 Å². The van der Waals surface area contributed by atoms with Crippen LogP contribution < -0.4 is 0 Å². The van der Waals surface area contributed by atoms with Crippen LogP contribution in [0, 0.1) is 0 Å². The zero-order chi connectivity index (χ0) is 28.5. The summed E-state index contributed by atoms with van der Waals surface area (Å²) in [6, 6.07) is 17.3. The fourth-order valence-electron chi connectivity index (χ4n) is 9.35. The molecule has 0 amide bonds. The molecule has 8 aliphatic heterocycles. The van der Waals surface area contributed by atoms with Crippen molar-refractivity contribution >= 4 is 15.8 Å². The quantitative estimate of drug-likeness (QED) is 0.190. The Bertz CT molecular complexity index is 1090. The van der Waals surface area contributed by atoms with Crippen molar-refractivity contribution in [1.29, 1.82) is 0 Å². The van der Waals surface area contributed by atoms with Crippen LogP contribution in [-0.4, -0.2) is 44.5 Å². The van der Waals surface area contributed by atoms with Gasteiger partial charge in [-0.05, 0) is 83.6 Å². The molecule has 6 nitrogen and oxygen atoms in total. The van der Waals surface area contributed by atoms with E-state index in [0.717, 1.165) is 38.0 Å². The van der Waals surface area contributed by atoms with Crippen molar-refractivity contribution in [3.63, 3.8) is 0 Å². The Balaban J connectivity index is 0.000000144. The van der Waals surface area contributed by atoms with E-state index in [4.69, 9.17) is 28.4 Å². The van der Waals surface area contributed by atoms with Gasteiger partial charge in [-0.2, -0.15) is 35.4 Å². The zero-order valence-corrected chi connectivity index (χ0v) is 28.5. The van der Waals surface area contributed by atoms with Crippen LogP contribution in [-0.2, 0) is 57.8 Å². The van der Waals surface area contributed by atoms with E-state index in [0.29, 0.717) is 0 Å². The van der Waals surface area contributed by atoms with Gasteiger partial charge in [-0.3, -0.25) is 0 Å². The fourth-order valence-corrected chi connectivity index (χ4v) is 17.0. The molecule has 0 saturated carbocycles. The predicted octanol–water partition coefficient (Wildman–Crippen LogP) is 8.24. The van der Waals surface area contributed by atoms with Crippen LogP contribution in [0.4, 0.5) is 0 Å². The van der Waals surface area contributed by atoms with Gasteiger partial charge in [0.05, 0.1) is 21.4 Å². The first-order valence-electron chi connectivity index (χ1n) is 14.7. The third-order valence-corrected chi connectivity index (χ3v) is 16.6. The second-order valence-corrected chi connectivity index (χ2v) is 20.4. The van der Waals surface area contributed by atoms with Crippen molar-refractivity contribution < 1.29 is 45.5 Å². The zero-order valence-electron chi connectivity index (χ0n) is 25.6. The van der Waals surface area contributed by atoms with Crippen LogP contribution in [0.5, 0.6) is 0 Å². The van der Waals surface area contributed by atoms with Crippen LogP contribution in [0.25, 0.3) is 0 Å². The SMILES string of the molecule is CC12CC3(C)OC(C)(CC(C)(O1)P3Cc1ccc[cH-]1)O2.CC12CC3(C)OC(C)(CC(C)(O1)P3Cc1ccc[cH-]1)O2.[Fe+2]. The molecule has 0 N–H and O–H groups in total. The predicted molar refractivity (Wildman–Crippen MR) is 158 cm³/mol. The monoisotopic (exact) mass is 642 g/mol. The van der Waals surface area contributed by atoms with Gasteiger partial charge in [0.25, 0.3) is 0 Å². The molecule has 0 aliphatic carbocycles. The first-order valence-corrected chi connectivity index (χ1v) is 17.7. The van der Waals surface area contributed by atoms with Crippen LogP contribution in [0.15, 0.2) is 48.5 Å². The summed E-state index contributed by atoms with van der Waals surface area (Å²) in [5.74, 6) is -1.95. The van der Waals surface area contributed by atoms with E-state index in [9.17, 15) is 0 Å². The minimum Gasteiger partial charge on any atom is -0.339 e. The molecule has 2 aromatic rings. The molecule has 226 valence electrons. The van der Waals surface area contributed by atoms with Crippen LogP contribution in [0.3, 0.4) is 0 Å². The van der Waals surface area contributed by atoms with Crippen molar-refractivity contribution in [2.24, 2.45) is 0 Å². The maximum atomic E-state index is 6.42. The summed E-state index contributed by atoms with van der Waals surface area (Å²) in [6.07, 6.45) is 5.47. The molecule has 8 atom stereocenters. The topological polar surface area (TPSA) is 55.4 Å². The molecular formula is C32H44FeO6P2. The van der Waals surface area contributed by atoms with Crippen LogP contribution >= 0.6 is 15.8 Å². The Morgan fingerprint density at radius 3 is 1.07 bits per heavy atom. The fraction of sp³-hybridized carbons (Fsp3) is 0.688. The van der Waals surface area contributed by atoms with Gasteiger partial charge in [0.15, 0.2) is 23.1 Å². The average Bonchev–Trinajstić information content (AvgIpc) is 3.43. The van der Waals surface area contributed by atoms with Gasteiger partial charge < -0.3 is 28.4 Å². The number of rotatable bonds is 4. The third-order valence-electron chi connectivity index (χ3n) is 9.63. The number of ether oxygens (including phenoxy) is 6.